The molecule has 0 radical (unpaired) electrons. The number of nitrogens with zero attached hydrogens (tertiary/aromatic N) is 2. The Morgan fingerprint density at radius 1 is 0.977 bits per heavy atom. The number of methoxy groups -OCH3 is 2. The lowest BCUT2D eigenvalue weighted by atomic mass is 9.95. The van der Waals surface area contributed by atoms with Crippen LogP contribution in [-0.2, 0) is 14.2 Å². The number of hydrogen-bond acceptors (Lipinski definition) is 8. The van der Waals surface area contributed by atoms with Crippen LogP contribution in [0, 0.1) is 11.8 Å². The predicted octanol–water partition coefficient (Wildman–Crippen LogP) is 5.69. The van der Waals surface area contributed by atoms with E-state index in [-0.39, 0.29) is 30.4 Å². The van der Waals surface area contributed by atoms with Crippen molar-refractivity contribution < 1.29 is 38.1 Å². The quantitative estimate of drug-likeness (QED) is 0.287. The fourth-order valence-corrected chi connectivity index (χ4v) is 4.92. The molecule has 11 heteroatoms. The van der Waals surface area contributed by atoms with Crippen molar-refractivity contribution in [2.75, 3.05) is 59.0 Å². The molecule has 1 saturated heterocycles. The van der Waals surface area contributed by atoms with Crippen molar-refractivity contribution in [3.05, 3.63) is 54.1 Å². The summed E-state index contributed by atoms with van der Waals surface area (Å²) in [5.74, 6) is 0.451. The number of nitrogens with one attached hydrogen (secondary N) is 1. The number of benzene rings is 2. The molecule has 44 heavy (non-hydrogen) atoms. The van der Waals surface area contributed by atoms with Crippen molar-refractivity contribution in [3.63, 3.8) is 0 Å². The summed E-state index contributed by atoms with van der Waals surface area (Å²) >= 11 is 0. The second kappa shape index (κ2) is 16.2. The van der Waals surface area contributed by atoms with Gasteiger partial charge in [0.2, 0.25) is 0 Å². The molecule has 0 unspecified atom stereocenters. The van der Waals surface area contributed by atoms with Crippen LogP contribution in [0.5, 0.6) is 11.5 Å². The van der Waals surface area contributed by atoms with Gasteiger partial charge in [0.15, 0.2) is 11.5 Å². The van der Waals surface area contributed by atoms with Gasteiger partial charge in [-0.05, 0) is 65.0 Å². The highest BCUT2D eigenvalue weighted by molar-refractivity contribution is 5.95. The third kappa shape index (κ3) is 10.3. The van der Waals surface area contributed by atoms with Gasteiger partial charge in [0.1, 0.15) is 5.60 Å². The van der Waals surface area contributed by atoms with Gasteiger partial charge in [-0.2, -0.15) is 0 Å². The Labute approximate surface area is 260 Å². The molecule has 0 aromatic heterocycles. The average molecular weight is 614 g/mol. The number of rotatable bonds is 13. The van der Waals surface area contributed by atoms with Gasteiger partial charge in [-0.25, -0.2) is 9.59 Å². The van der Waals surface area contributed by atoms with Crippen LogP contribution in [0.25, 0.3) is 0 Å². The molecule has 11 nitrogen and oxygen atoms in total. The van der Waals surface area contributed by atoms with Crippen LogP contribution >= 0.6 is 0 Å². The molecular weight excluding hydrogens is 566 g/mol. The Morgan fingerprint density at radius 2 is 1.68 bits per heavy atom. The summed E-state index contributed by atoms with van der Waals surface area (Å²) in [5, 5.41) is 2.72. The molecule has 2 aromatic rings. The van der Waals surface area contributed by atoms with Gasteiger partial charge in [0, 0.05) is 68.9 Å². The maximum Gasteiger partial charge on any atom is 0.411 e. The van der Waals surface area contributed by atoms with E-state index in [0.717, 1.165) is 0 Å². The van der Waals surface area contributed by atoms with Crippen LogP contribution in [0.2, 0.25) is 0 Å². The second-order valence-corrected chi connectivity index (χ2v) is 12.1. The molecule has 1 fully saturated rings. The predicted molar refractivity (Wildman–Crippen MR) is 167 cm³/mol. The molecule has 1 aliphatic heterocycles. The fraction of sp³-hybridized carbons (Fsp3) is 0.545. The van der Waals surface area contributed by atoms with Crippen LogP contribution in [0.1, 0.15) is 51.4 Å². The number of carbonyl (C=O) groups is 3. The van der Waals surface area contributed by atoms with E-state index in [9.17, 15) is 14.4 Å². The monoisotopic (exact) mass is 613 g/mol. The first kappa shape index (κ1) is 34.5. The Balaban J connectivity index is 1.77. The van der Waals surface area contributed by atoms with Crippen molar-refractivity contribution in [2.45, 2.75) is 52.7 Å². The van der Waals surface area contributed by atoms with Gasteiger partial charge < -0.3 is 33.5 Å². The lowest BCUT2D eigenvalue weighted by Gasteiger charge is -2.31. The van der Waals surface area contributed by atoms with Gasteiger partial charge in [-0.15, -0.1) is 0 Å². The largest absolute Gasteiger partial charge is 0.493 e. The Morgan fingerprint density at radius 3 is 2.32 bits per heavy atom. The molecule has 3 rings (SSSR count). The van der Waals surface area contributed by atoms with E-state index in [0.29, 0.717) is 62.0 Å². The Bertz CT molecular complexity index is 1230. The summed E-state index contributed by atoms with van der Waals surface area (Å²) < 4.78 is 27.7. The number of likely N-dealkylation sites (tertiary alicyclic amines) is 1. The standard InChI is InChI=1S/C33H47N3O8/c1-23(2)36(30(37)24-14-15-28(41-7)29(18-24)42-17-11-16-40-6)21-25-19-35(32(39)44-33(3,4)5)20-26(25)22-43-31(38)34-27-12-9-8-10-13-27/h8-10,12-15,18,23,25-26H,11,16-17,19-22H2,1-7H3,(H,34,38)/t25-,26-/m0/s1. The van der Waals surface area contributed by atoms with Gasteiger partial charge in [0.05, 0.1) is 20.3 Å². The van der Waals surface area contributed by atoms with E-state index in [4.69, 9.17) is 23.7 Å². The number of ether oxygens (including phenoxy) is 5. The third-order valence-corrected chi connectivity index (χ3v) is 7.15. The van der Waals surface area contributed by atoms with Gasteiger partial charge in [0.25, 0.3) is 5.91 Å². The maximum absolute atomic E-state index is 13.9. The van der Waals surface area contributed by atoms with E-state index >= 15 is 0 Å². The van der Waals surface area contributed by atoms with E-state index in [1.54, 1.807) is 54.4 Å². The summed E-state index contributed by atoms with van der Waals surface area (Å²) in [6.45, 7) is 11.4. The molecule has 0 saturated carbocycles. The Kier molecular flexibility index (Phi) is 12.7. The fourth-order valence-electron chi connectivity index (χ4n) is 4.92. The molecule has 1 N–H and O–H groups in total. The highest BCUT2D eigenvalue weighted by atomic mass is 16.6. The Hall–Kier alpha value is -3.99. The summed E-state index contributed by atoms with van der Waals surface area (Å²) in [7, 11) is 3.19. The van der Waals surface area contributed by atoms with Crippen molar-refractivity contribution in [3.8, 4) is 11.5 Å². The van der Waals surface area contributed by atoms with E-state index in [1.807, 2.05) is 52.8 Å². The summed E-state index contributed by atoms with van der Waals surface area (Å²) in [5.41, 5.74) is 0.418. The summed E-state index contributed by atoms with van der Waals surface area (Å²) in [6, 6.07) is 14.0. The van der Waals surface area contributed by atoms with Crippen molar-refractivity contribution in [1.82, 2.24) is 9.80 Å². The smallest absolute Gasteiger partial charge is 0.411 e. The molecule has 1 aliphatic rings. The molecule has 242 valence electrons. The summed E-state index contributed by atoms with van der Waals surface area (Å²) in [4.78, 5) is 42.9. The maximum atomic E-state index is 13.9. The molecule has 2 atom stereocenters. The van der Waals surface area contributed by atoms with Crippen LogP contribution in [0.3, 0.4) is 0 Å². The zero-order valence-corrected chi connectivity index (χ0v) is 27.0. The first-order valence-electron chi connectivity index (χ1n) is 15.0. The second-order valence-electron chi connectivity index (χ2n) is 12.1. The molecule has 3 amide bonds. The van der Waals surface area contributed by atoms with Crippen molar-refractivity contribution >= 4 is 23.8 Å². The number of amides is 3. The number of hydrogen-bond donors (Lipinski definition) is 1. The molecule has 0 bridgehead atoms. The normalized spacial score (nSPS) is 16.4. The molecular formula is C33H47N3O8. The number of para-hydroxylation sites is 1. The average Bonchev–Trinajstić information content (AvgIpc) is 3.39. The molecule has 0 spiro atoms. The van der Waals surface area contributed by atoms with Gasteiger partial charge in [-0.1, -0.05) is 18.2 Å². The lowest BCUT2D eigenvalue weighted by Crippen LogP contribution is -2.43. The summed E-state index contributed by atoms with van der Waals surface area (Å²) in [6.07, 6.45) is -0.330. The number of anilines is 1. The molecule has 2 aromatic carbocycles. The van der Waals surface area contributed by atoms with E-state index in [2.05, 4.69) is 5.32 Å². The van der Waals surface area contributed by atoms with Crippen molar-refractivity contribution in [2.24, 2.45) is 11.8 Å². The highest BCUT2D eigenvalue weighted by Crippen LogP contribution is 2.31. The minimum atomic E-state index is -0.658. The van der Waals surface area contributed by atoms with Gasteiger partial charge >= 0.3 is 12.2 Å². The minimum Gasteiger partial charge on any atom is -0.493 e. The van der Waals surface area contributed by atoms with Crippen LogP contribution in [0.15, 0.2) is 48.5 Å². The lowest BCUT2D eigenvalue weighted by molar-refractivity contribution is 0.0279. The van der Waals surface area contributed by atoms with Gasteiger partial charge in [-0.3, -0.25) is 10.1 Å². The van der Waals surface area contributed by atoms with Crippen LogP contribution in [0.4, 0.5) is 15.3 Å². The van der Waals surface area contributed by atoms with Crippen LogP contribution in [-0.4, -0.2) is 93.2 Å². The van der Waals surface area contributed by atoms with Crippen molar-refractivity contribution in [1.29, 1.82) is 0 Å². The zero-order valence-electron chi connectivity index (χ0n) is 27.0. The topological polar surface area (TPSA) is 116 Å². The number of carbonyl (C=O) groups excluding carboxylic acids is 3. The first-order chi connectivity index (χ1) is 20.9. The molecule has 1 heterocycles. The van der Waals surface area contributed by atoms with E-state index in [1.165, 1.54) is 0 Å². The minimum absolute atomic E-state index is 0.0742. The molecule has 0 aliphatic carbocycles. The zero-order chi connectivity index (χ0) is 32.3. The SMILES string of the molecule is COCCCOc1cc(C(=O)N(C[C@@H]2CN(C(=O)OC(C)(C)C)C[C@H]2COC(=O)Nc2ccccc2)C(C)C)ccc1OC. The van der Waals surface area contributed by atoms with Crippen LogP contribution < -0.4 is 14.8 Å². The highest BCUT2D eigenvalue weighted by Gasteiger charge is 2.40. The van der Waals surface area contributed by atoms with E-state index < -0.39 is 17.8 Å². The third-order valence-electron chi connectivity index (χ3n) is 7.15. The first-order valence-corrected chi connectivity index (χ1v) is 15.0.